The molecule has 4 heterocycles. The molecule has 4 aliphatic heterocycles. The molecule has 3 saturated heterocycles. The van der Waals surface area contributed by atoms with Gasteiger partial charge in [-0.1, -0.05) is 60.7 Å². The Labute approximate surface area is 238 Å². The van der Waals surface area contributed by atoms with Crippen LogP contribution in [0.1, 0.15) is 69.1 Å². The predicted octanol–water partition coefficient (Wildman–Crippen LogP) is 3.53. The van der Waals surface area contributed by atoms with Gasteiger partial charge in [-0.3, -0.25) is 29.4 Å². The number of carbonyl (C=O) groups is 4. The first kappa shape index (κ1) is 25.7. The second-order valence-electron chi connectivity index (χ2n) is 11.5. The van der Waals surface area contributed by atoms with Crippen LogP contribution in [0.3, 0.4) is 0 Å². The summed E-state index contributed by atoms with van der Waals surface area (Å²) in [7, 11) is 0. The molecule has 0 aromatic heterocycles. The summed E-state index contributed by atoms with van der Waals surface area (Å²) in [5.41, 5.74) is 4.36. The average Bonchev–Trinajstić information content (AvgIpc) is 3.44. The molecule has 0 radical (unpaired) electrons. The van der Waals surface area contributed by atoms with E-state index in [1.165, 1.54) is 16.0 Å². The number of piperidine rings is 1. The number of hydrogen-bond donors (Lipinski definition) is 1. The summed E-state index contributed by atoms with van der Waals surface area (Å²) < 4.78 is 0. The van der Waals surface area contributed by atoms with Crippen LogP contribution < -0.4 is 5.32 Å². The van der Waals surface area contributed by atoms with Crippen molar-refractivity contribution in [2.45, 2.75) is 56.4 Å². The molecule has 8 nitrogen and oxygen atoms in total. The molecular weight excluding hydrogens is 516 g/mol. The first-order valence-corrected chi connectivity index (χ1v) is 14.4. The van der Waals surface area contributed by atoms with Gasteiger partial charge < -0.3 is 9.80 Å². The average molecular weight is 549 g/mol. The van der Waals surface area contributed by atoms with Crippen molar-refractivity contribution >= 4 is 23.6 Å². The zero-order valence-corrected chi connectivity index (χ0v) is 22.7. The largest absolute Gasteiger partial charge is 0.336 e. The number of nitrogens with zero attached hydrogens (tertiary/aromatic N) is 3. The standard InChI is InChI=1S/C33H32N4O4/c38-29-16-15-28(31(39)34-29)36-18-24-17-23(11-14-27(24)33(36)41)32(40)35-19-25-12-13-26(20-35)37(25)30(21-7-3-1-4-8-21)22-9-5-2-6-10-22/h1-11,14,17,25-26,28,30H,12-13,15-16,18-20H2,(H,34,38,39). The van der Waals surface area contributed by atoms with Gasteiger partial charge in [0.05, 0.1) is 6.04 Å². The van der Waals surface area contributed by atoms with E-state index in [2.05, 4.69) is 58.7 Å². The molecule has 4 amide bonds. The maximum atomic E-state index is 13.8. The summed E-state index contributed by atoms with van der Waals surface area (Å²) in [6.45, 7) is 1.57. The highest BCUT2D eigenvalue weighted by molar-refractivity contribution is 6.06. The summed E-state index contributed by atoms with van der Waals surface area (Å²) in [5.74, 6) is -0.993. The zero-order valence-electron chi connectivity index (χ0n) is 22.7. The van der Waals surface area contributed by atoms with Gasteiger partial charge in [-0.25, -0.2) is 0 Å². The Morgan fingerprint density at radius 3 is 2.05 bits per heavy atom. The fourth-order valence-electron chi connectivity index (χ4n) is 7.22. The third-order valence-corrected chi connectivity index (χ3v) is 9.13. The lowest BCUT2D eigenvalue weighted by molar-refractivity contribution is -0.136. The van der Waals surface area contributed by atoms with Crippen molar-refractivity contribution in [2.75, 3.05) is 13.1 Å². The normalized spacial score (nSPS) is 24.1. The second-order valence-corrected chi connectivity index (χ2v) is 11.5. The highest BCUT2D eigenvalue weighted by Gasteiger charge is 2.46. The third-order valence-electron chi connectivity index (χ3n) is 9.13. The van der Waals surface area contributed by atoms with Crippen LogP contribution in [-0.2, 0) is 16.1 Å². The fraction of sp³-hybridized carbons (Fsp3) is 0.333. The molecule has 0 saturated carbocycles. The quantitative estimate of drug-likeness (QED) is 0.493. The number of amides is 4. The number of piperazine rings is 1. The van der Waals surface area contributed by atoms with Crippen LogP contribution in [-0.4, -0.2) is 69.5 Å². The van der Waals surface area contributed by atoms with E-state index in [0.717, 1.165) is 18.4 Å². The van der Waals surface area contributed by atoms with Crippen molar-refractivity contribution in [3.05, 3.63) is 107 Å². The molecule has 8 heteroatoms. The minimum Gasteiger partial charge on any atom is -0.336 e. The van der Waals surface area contributed by atoms with Gasteiger partial charge in [0.1, 0.15) is 6.04 Å². The Bertz CT molecular complexity index is 1470. The van der Waals surface area contributed by atoms with Gasteiger partial charge in [0.2, 0.25) is 11.8 Å². The minimum atomic E-state index is -0.669. The van der Waals surface area contributed by atoms with Crippen molar-refractivity contribution in [1.82, 2.24) is 20.0 Å². The molecular formula is C33H32N4O4. The Morgan fingerprint density at radius 1 is 0.805 bits per heavy atom. The highest BCUT2D eigenvalue weighted by atomic mass is 16.2. The van der Waals surface area contributed by atoms with E-state index in [0.29, 0.717) is 30.6 Å². The van der Waals surface area contributed by atoms with Crippen LogP contribution in [0.4, 0.5) is 0 Å². The van der Waals surface area contributed by atoms with Gasteiger partial charge in [0.25, 0.3) is 11.8 Å². The Morgan fingerprint density at radius 2 is 1.44 bits per heavy atom. The lowest BCUT2D eigenvalue weighted by Crippen LogP contribution is -2.56. The molecule has 3 aromatic rings. The smallest absolute Gasteiger partial charge is 0.255 e. The predicted molar refractivity (Wildman–Crippen MR) is 152 cm³/mol. The van der Waals surface area contributed by atoms with Gasteiger partial charge in [0.15, 0.2) is 0 Å². The molecule has 3 fully saturated rings. The van der Waals surface area contributed by atoms with Gasteiger partial charge in [-0.2, -0.15) is 0 Å². The van der Waals surface area contributed by atoms with Gasteiger partial charge in [0, 0.05) is 49.3 Å². The molecule has 2 bridgehead atoms. The van der Waals surface area contributed by atoms with E-state index in [1.807, 2.05) is 23.1 Å². The van der Waals surface area contributed by atoms with E-state index in [4.69, 9.17) is 0 Å². The van der Waals surface area contributed by atoms with Crippen molar-refractivity contribution in [1.29, 1.82) is 0 Å². The molecule has 3 atom stereocenters. The van der Waals surface area contributed by atoms with Crippen LogP contribution in [0.15, 0.2) is 78.9 Å². The first-order valence-electron chi connectivity index (χ1n) is 14.4. The fourth-order valence-corrected chi connectivity index (χ4v) is 7.22. The van der Waals surface area contributed by atoms with E-state index in [1.54, 1.807) is 12.1 Å². The summed E-state index contributed by atoms with van der Waals surface area (Å²) in [6.07, 6.45) is 2.62. The van der Waals surface area contributed by atoms with Crippen LogP contribution in [0, 0.1) is 0 Å². The maximum Gasteiger partial charge on any atom is 0.255 e. The summed E-state index contributed by atoms with van der Waals surface area (Å²) in [4.78, 5) is 57.0. The number of likely N-dealkylation sites (tertiary alicyclic amines) is 1. The van der Waals surface area contributed by atoms with Crippen LogP contribution in [0.25, 0.3) is 0 Å². The third kappa shape index (κ3) is 4.52. The molecule has 208 valence electrons. The number of imide groups is 1. The van der Waals surface area contributed by atoms with Crippen LogP contribution >= 0.6 is 0 Å². The van der Waals surface area contributed by atoms with Gasteiger partial charge in [-0.05, 0) is 54.2 Å². The highest BCUT2D eigenvalue weighted by Crippen LogP contribution is 2.41. The molecule has 7 rings (SSSR count). The Kier molecular flexibility index (Phi) is 6.43. The monoisotopic (exact) mass is 548 g/mol. The number of hydrogen-bond acceptors (Lipinski definition) is 5. The van der Waals surface area contributed by atoms with Crippen molar-refractivity contribution in [2.24, 2.45) is 0 Å². The minimum absolute atomic E-state index is 0.0211. The maximum absolute atomic E-state index is 13.8. The number of carbonyl (C=O) groups excluding carboxylic acids is 4. The van der Waals surface area contributed by atoms with Crippen LogP contribution in [0.5, 0.6) is 0 Å². The Balaban J connectivity index is 1.10. The van der Waals surface area contributed by atoms with Crippen molar-refractivity contribution in [3.63, 3.8) is 0 Å². The molecule has 0 spiro atoms. The lowest BCUT2D eigenvalue weighted by Gasteiger charge is -2.45. The molecule has 1 N–H and O–H groups in total. The SMILES string of the molecule is O=C1CCC(N2Cc3cc(C(=O)N4CC5CCC(C4)N5C(c4ccccc4)c4ccccc4)ccc3C2=O)C(=O)N1. The van der Waals surface area contributed by atoms with Crippen molar-refractivity contribution in [3.8, 4) is 0 Å². The number of fused-ring (bicyclic) bond motifs is 3. The molecule has 41 heavy (non-hydrogen) atoms. The Hall–Kier alpha value is -4.30. The lowest BCUT2D eigenvalue weighted by atomic mass is 9.94. The van der Waals surface area contributed by atoms with E-state index >= 15 is 0 Å². The van der Waals surface area contributed by atoms with Gasteiger partial charge >= 0.3 is 0 Å². The van der Waals surface area contributed by atoms with E-state index in [-0.39, 0.29) is 48.8 Å². The topological polar surface area (TPSA) is 90.0 Å². The summed E-state index contributed by atoms with van der Waals surface area (Å²) >= 11 is 0. The van der Waals surface area contributed by atoms with E-state index in [9.17, 15) is 19.2 Å². The first-order chi connectivity index (χ1) is 20.0. The summed E-state index contributed by atoms with van der Waals surface area (Å²) in [5, 5.41) is 2.34. The van der Waals surface area contributed by atoms with Crippen molar-refractivity contribution < 1.29 is 19.2 Å². The molecule has 4 aliphatic rings. The number of nitrogens with one attached hydrogen (secondary N) is 1. The number of rotatable bonds is 5. The van der Waals surface area contributed by atoms with Crippen LogP contribution in [0.2, 0.25) is 0 Å². The molecule has 3 aromatic carbocycles. The molecule has 3 unspecified atom stereocenters. The zero-order chi connectivity index (χ0) is 28.1. The summed E-state index contributed by atoms with van der Waals surface area (Å²) in [6, 6.07) is 26.5. The van der Waals surface area contributed by atoms with Gasteiger partial charge in [-0.15, -0.1) is 0 Å². The second kappa shape index (κ2) is 10.3. The molecule has 0 aliphatic carbocycles. The van der Waals surface area contributed by atoms with E-state index < -0.39 is 11.9 Å². The number of benzene rings is 3.